The Morgan fingerprint density at radius 3 is 2.45 bits per heavy atom. The number of rotatable bonds is 9. The lowest BCUT2D eigenvalue weighted by Crippen LogP contribution is -2.07. The molecule has 0 saturated carbocycles. The maximum Gasteiger partial charge on any atom is 0.347 e. The molecule has 0 unspecified atom stereocenters. The molecule has 10 nitrogen and oxygen atoms in total. The highest BCUT2D eigenvalue weighted by molar-refractivity contribution is 7.73. The predicted molar refractivity (Wildman–Crippen MR) is 121 cm³/mol. The second-order valence-electron chi connectivity index (χ2n) is 6.94. The van der Waals surface area contributed by atoms with E-state index in [-0.39, 0.29) is 10.8 Å². The lowest BCUT2D eigenvalue weighted by Gasteiger charge is -2.12. The summed E-state index contributed by atoms with van der Waals surface area (Å²) in [5, 5.41) is 15.8. The van der Waals surface area contributed by atoms with Gasteiger partial charge in [-0.3, -0.25) is 10.0 Å². The van der Waals surface area contributed by atoms with E-state index in [2.05, 4.69) is 30.3 Å². The molecule has 2 aromatic heterocycles. The molecule has 2 heterocycles. The van der Waals surface area contributed by atoms with Gasteiger partial charge in [0, 0.05) is 18.3 Å². The van der Waals surface area contributed by atoms with Crippen molar-refractivity contribution in [1.29, 1.82) is 0 Å². The summed E-state index contributed by atoms with van der Waals surface area (Å²) in [6.07, 6.45) is 0. The van der Waals surface area contributed by atoms with E-state index in [1.807, 2.05) is 32.0 Å². The first-order valence-electron chi connectivity index (χ1n) is 9.32. The molecule has 0 bridgehead atoms. The SMILES string of the molecule is Cc1nc(Nc2nc(NCc3ccc(N[SH](=O)=O)cc3)cc(C(C)C)n2)sc1C(=O)O. The molecule has 164 valence electrons. The van der Waals surface area contributed by atoms with E-state index in [1.165, 1.54) is 0 Å². The van der Waals surface area contributed by atoms with E-state index in [0.29, 0.717) is 34.8 Å². The van der Waals surface area contributed by atoms with Crippen molar-refractivity contribution in [3.8, 4) is 0 Å². The molecule has 0 fully saturated rings. The van der Waals surface area contributed by atoms with Gasteiger partial charge in [0.15, 0.2) is 5.13 Å². The first-order valence-corrected chi connectivity index (χ1v) is 11.3. The third kappa shape index (κ3) is 6.12. The lowest BCUT2D eigenvalue weighted by molar-refractivity contribution is 0.0701. The Morgan fingerprint density at radius 1 is 1.16 bits per heavy atom. The molecule has 0 radical (unpaired) electrons. The van der Waals surface area contributed by atoms with Gasteiger partial charge in [-0.1, -0.05) is 37.3 Å². The molecule has 12 heteroatoms. The van der Waals surface area contributed by atoms with Gasteiger partial charge in [-0.25, -0.2) is 23.2 Å². The monoisotopic (exact) mass is 462 g/mol. The van der Waals surface area contributed by atoms with E-state index < -0.39 is 16.9 Å². The van der Waals surface area contributed by atoms with E-state index in [0.717, 1.165) is 22.6 Å². The van der Waals surface area contributed by atoms with Crippen LogP contribution in [0.3, 0.4) is 0 Å². The number of benzene rings is 1. The number of thiol groups is 1. The number of hydrogen-bond donors (Lipinski definition) is 5. The summed E-state index contributed by atoms with van der Waals surface area (Å²) in [6, 6.07) is 8.83. The van der Waals surface area contributed by atoms with Crippen LogP contribution in [0.15, 0.2) is 30.3 Å². The summed E-state index contributed by atoms with van der Waals surface area (Å²) in [5.41, 5.74) is 2.67. The first kappa shape index (κ1) is 22.4. The topological polar surface area (TPSA) is 146 Å². The zero-order chi connectivity index (χ0) is 22.5. The molecule has 3 rings (SSSR count). The zero-order valence-corrected chi connectivity index (χ0v) is 18.8. The highest BCUT2D eigenvalue weighted by atomic mass is 32.2. The van der Waals surface area contributed by atoms with E-state index in [4.69, 9.17) is 0 Å². The quantitative estimate of drug-likeness (QED) is 0.302. The fourth-order valence-electron chi connectivity index (χ4n) is 2.65. The third-order valence-electron chi connectivity index (χ3n) is 4.20. The minimum Gasteiger partial charge on any atom is -0.477 e. The fraction of sp³-hybridized carbons (Fsp3) is 0.263. The van der Waals surface area contributed by atoms with Gasteiger partial charge in [-0.05, 0) is 30.5 Å². The number of aromatic nitrogens is 3. The van der Waals surface area contributed by atoms with E-state index >= 15 is 0 Å². The molecule has 3 aromatic rings. The van der Waals surface area contributed by atoms with Crippen molar-refractivity contribution in [1.82, 2.24) is 15.0 Å². The number of thiazole rings is 1. The molecule has 0 aliphatic carbocycles. The number of hydrogen-bond acceptors (Lipinski definition) is 9. The van der Waals surface area contributed by atoms with Crippen LogP contribution in [0.1, 0.15) is 46.4 Å². The van der Waals surface area contributed by atoms with Crippen molar-refractivity contribution >= 4 is 50.8 Å². The fourth-order valence-corrected chi connectivity index (χ4v) is 3.81. The minimum atomic E-state index is -2.70. The first-order chi connectivity index (χ1) is 14.7. The Bertz CT molecular complexity index is 1150. The van der Waals surface area contributed by atoms with Gasteiger partial charge >= 0.3 is 5.97 Å². The van der Waals surface area contributed by atoms with Gasteiger partial charge in [-0.2, -0.15) is 4.98 Å². The number of aryl methyl sites for hydroxylation is 1. The van der Waals surface area contributed by atoms with Gasteiger partial charge in [0.1, 0.15) is 10.7 Å². The highest BCUT2D eigenvalue weighted by Crippen LogP contribution is 2.26. The number of aromatic carboxylic acids is 1. The molecule has 0 spiro atoms. The minimum absolute atomic E-state index is 0.149. The Kier molecular flexibility index (Phi) is 7.02. The molecule has 0 amide bonds. The average molecular weight is 463 g/mol. The Labute approximate surface area is 184 Å². The molecule has 0 atom stereocenters. The molecule has 1 aromatic carbocycles. The average Bonchev–Trinajstić information content (AvgIpc) is 3.07. The van der Waals surface area contributed by atoms with Gasteiger partial charge in [0.2, 0.25) is 16.8 Å². The summed E-state index contributed by atoms with van der Waals surface area (Å²) in [4.78, 5) is 24.6. The lowest BCUT2D eigenvalue weighted by atomic mass is 10.1. The normalized spacial score (nSPS) is 11.0. The van der Waals surface area contributed by atoms with Gasteiger partial charge in [-0.15, -0.1) is 0 Å². The molecule has 31 heavy (non-hydrogen) atoms. The number of nitrogens with zero attached hydrogens (tertiary/aromatic N) is 3. The van der Waals surface area contributed by atoms with Crippen molar-refractivity contribution in [3.05, 3.63) is 52.2 Å². The number of nitrogens with one attached hydrogen (secondary N) is 3. The molecule has 0 saturated heterocycles. The Hall–Kier alpha value is -3.25. The second-order valence-corrected chi connectivity index (χ2v) is 8.68. The molecular weight excluding hydrogens is 440 g/mol. The van der Waals surface area contributed by atoms with Crippen LogP contribution in [-0.2, 0) is 17.4 Å². The highest BCUT2D eigenvalue weighted by Gasteiger charge is 2.15. The van der Waals surface area contributed by atoms with Crippen molar-refractivity contribution in [2.75, 3.05) is 15.4 Å². The number of carbonyl (C=O) groups is 1. The summed E-state index contributed by atoms with van der Waals surface area (Å²) in [7, 11) is -2.70. The van der Waals surface area contributed by atoms with Crippen LogP contribution in [0.4, 0.5) is 22.6 Å². The number of anilines is 4. The molecule has 0 aliphatic rings. The molecular formula is C19H22N6O4S2. The maximum atomic E-state index is 11.2. The summed E-state index contributed by atoms with van der Waals surface area (Å²) in [5.74, 6) is 0.0395. The van der Waals surface area contributed by atoms with Gasteiger partial charge < -0.3 is 10.4 Å². The third-order valence-corrected chi connectivity index (χ3v) is 5.70. The standard InChI is InChI=1S/C19H22N6O4S2/c1-10(2)14-8-15(20-9-12-4-6-13(7-5-12)25-31(28)29)23-18(22-14)24-19-21-11(3)16(30-19)17(26)27/h4-8,10,31H,9H2,1-3H3,(H,26,27)(H,25,28,29)(H2,20,21,22,23,24). The maximum absolute atomic E-state index is 11.2. The van der Waals surface area contributed by atoms with E-state index in [1.54, 1.807) is 19.1 Å². The summed E-state index contributed by atoms with van der Waals surface area (Å²) < 4.78 is 23.8. The van der Waals surface area contributed by atoms with Crippen molar-refractivity contribution in [3.63, 3.8) is 0 Å². The van der Waals surface area contributed by atoms with Crippen LogP contribution < -0.4 is 15.4 Å². The summed E-state index contributed by atoms with van der Waals surface area (Å²) >= 11 is 1.03. The van der Waals surface area contributed by atoms with Gasteiger partial charge in [0.25, 0.3) is 0 Å². The second kappa shape index (κ2) is 9.71. The number of carboxylic acid groups (broad SMARTS) is 1. The zero-order valence-electron chi connectivity index (χ0n) is 17.0. The molecule has 4 N–H and O–H groups in total. The van der Waals surface area contributed by atoms with Crippen molar-refractivity contribution in [2.45, 2.75) is 33.2 Å². The van der Waals surface area contributed by atoms with Gasteiger partial charge in [0.05, 0.1) is 11.4 Å². The molecule has 0 aliphatic heterocycles. The number of carboxylic acids is 1. The van der Waals surface area contributed by atoms with Crippen molar-refractivity contribution in [2.24, 2.45) is 0 Å². The van der Waals surface area contributed by atoms with Crippen LogP contribution in [0, 0.1) is 6.92 Å². The van der Waals surface area contributed by atoms with Crippen LogP contribution in [0.2, 0.25) is 0 Å². The van der Waals surface area contributed by atoms with Crippen LogP contribution in [0.25, 0.3) is 0 Å². The Morgan fingerprint density at radius 2 is 1.87 bits per heavy atom. The van der Waals surface area contributed by atoms with Crippen molar-refractivity contribution < 1.29 is 18.3 Å². The largest absolute Gasteiger partial charge is 0.477 e. The van der Waals surface area contributed by atoms with E-state index in [9.17, 15) is 18.3 Å². The van der Waals surface area contributed by atoms with Crippen LogP contribution >= 0.6 is 11.3 Å². The predicted octanol–water partition coefficient (Wildman–Crippen LogP) is 3.36. The summed E-state index contributed by atoms with van der Waals surface area (Å²) in [6.45, 7) is 6.13. The van der Waals surface area contributed by atoms with Crippen LogP contribution in [0.5, 0.6) is 0 Å². The smallest absolute Gasteiger partial charge is 0.347 e. The van der Waals surface area contributed by atoms with Crippen LogP contribution in [-0.4, -0.2) is 34.4 Å². The Balaban J connectivity index is 1.76.